The molecular weight excluding hydrogens is 601 g/mol. The fourth-order valence-electron chi connectivity index (χ4n) is 7.66. The Morgan fingerprint density at radius 3 is 1.11 bits per heavy atom. The largest absolute Gasteiger partial charge is 0.314 e. The van der Waals surface area contributed by atoms with Gasteiger partial charge in [-0.3, -0.25) is 4.57 Å². The van der Waals surface area contributed by atoms with Gasteiger partial charge in [-0.1, -0.05) is 53.9 Å². The Morgan fingerprint density at radius 2 is 0.818 bits per heavy atom. The van der Waals surface area contributed by atoms with Gasteiger partial charge in [0.15, 0.2) is 0 Å². The quantitative estimate of drug-likeness (QED) is 0.189. The van der Waals surface area contributed by atoms with Crippen molar-refractivity contribution in [2.24, 2.45) is 0 Å². The van der Waals surface area contributed by atoms with Gasteiger partial charge in [0, 0.05) is 34.3 Å². The summed E-state index contributed by atoms with van der Waals surface area (Å²) in [5.74, 6) is 0. The Hall–Kier alpha value is -1.89. The lowest BCUT2D eigenvalue weighted by atomic mass is 10.0. The van der Waals surface area contributed by atoms with Crippen LogP contribution >= 0.6 is 21.6 Å². The first-order chi connectivity index (χ1) is 21.0. The summed E-state index contributed by atoms with van der Waals surface area (Å²) in [4.78, 5) is 2.26. The van der Waals surface area contributed by atoms with Crippen LogP contribution in [-0.4, -0.2) is 31.1 Å². The molecule has 0 fully saturated rings. The van der Waals surface area contributed by atoms with E-state index in [4.69, 9.17) is 0 Å². The first kappa shape index (κ1) is 32.1. The molecule has 3 aliphatic rings. The highest BCUT2D eigenvalue weighted by atomic mass is 31.2. The SMILES string of the molecule is CCCCc1cc2c3c(c1)P(C)(=O)c1cc(CCCC)cc4c1N3c1c(cc(CCCC)cc1P4(=O)N(CC)CC)P2(C)=O. The molecule has 6 rings (SSSR count). The maximum absolute atomic E-state index is 16.1. The maximum Gasteiger partial charge on any atom is 0.211 e. The van der Waals surface area contributed by atoms with Gasteiger partial charge in [-0.05, 0) is 105 Å². The van der Waals surface area contributed by atoms with E-state index in [0.29, 0.717) is 13.1 Å². The zero-order chi connectivity index (χ0) is 31.6. The average Bonchev–Trinajstić information content (AvgIpc) is 3.01. The molecular formula is C36H49N2O3P3. The van der Waals surface area contributed by atoms with Gasteiger partial charge < -0.3 is 14.0 Å². The standard InChI is InChI=1S/C36H49N2O3P3/c1-8-13-16-25-19-28-34-29(20-25)43(7,40)31-22-27(18-15-10-3)24-33-36(31)38(34)35-30(42(28,6)39)21-26(17-14-9-2)23-32(35)44(33,41)37(11-4)12-5/h19-24H,8-18H2,1-7H3. The van der Waals surface area contributed by atoms with E-state index in [-0.39, 0.29) is 0 Å². The lowest BCUT2D eigenvalue weighted by Gasteiger charge is -2.50. The predicted octanol–water partition coefficient (Wildman–Crippen LogP) is 7.58. The van der Waals surface area contributed by atoms with Gasteiger partial charge in [-0.15, -0.1) is 0 Å². The second-order valence-electron chi connectivity index (χ2n) is 13.2. The Labute approximate surface area is 265 Å². The minimum atomic E-state index is -3.36. The van der Waals surface area contributed by atoms with Crippen LogP contribution in [-0.2, 0) is 33.0 Å². The van der Waals surface area contributed by atoms with Crippen LogP contribution in [0.1, 0.15) is 89.8 Å². The zero-order valence-corrected chi connectivity index (χ0v) is 30.4. The molecule has 44 heavy (non-hydrogen) atoms. The van der Waals surface area contributed by atoms with Gasteiger partial charge in [-0.25, -0.2) is 4.67 Å². The van der Waals surface area contributed by atoms with Crippen molar-refractivity contribution in [1.29, 1.82) is 0 Å². The van der Waals surface area contributed by atoms with Crippen molar-refractivity contribution in [3.63, 3.8) is 0 Å². The molecule has 0 spiro atoms. The molecule has 236 valence electrons. The molecule has 3 aromatic carbocycles. The van der Waals surface area contributed by atoms with E-state index in [2.05, 4.69) is 80.6 Å². The molecule has 0 bridgehead atoms. The zero-order valence-electron chi connectivity index (χ0n) is 27.7. The molecule has 3 aliphatic heterocycles. The smallest absolute Gasteiger partial charge is 0.211 e. The molecule has 3 heterocycles. The van der Waals surface area contributed by atoms with Crippen LogP contribution in [0, 0.1) is 0 Å². The third-order valence-electron chi connectivity index (χ3n) is 10.1. The molecule has 5 nitrogen and oxygen atoms in total. The molecule has 0 saturated heterocycles. The van der Waals surface area contributed by atoms with E-state index < -0.39 is 21.6 Å². The Morgan fingerprint density at radius 1 is 0.523 bits per heavy atom. The fourth-order valence-corrected chi connectivity index (χ4v) is 16.0. The second kappa shape index (κ2) is 11.7. The van der Waals surface area contributed by atoms with Crippen LogP contribution in [0.4, 0.5) is 17.1 Å². The summed E-state index contributed by atoms with van der Waals surface area (Å²) >= 11 is 0. The van der Waals surface area contributed by atoms with Gasteiger partial charge in [0.25, 0.3) is 0 Å². The molecule has 8 heteroatoms. The summed E-state index contributed by atoms with van der Waals surface area (Å²) in [5.41, 5.74) is 5.84. The topological polar surface area (TPSA) is 57.7 Å². The molecule has 2 atom stereocenters. The van der Waals surface area contributed by atoms with E-state index in [0.717, 1.165) is 123 Å². The van der Waals surface area contributed by atoms with Crippen LogP contribution in [0.15, 0.2) is 36.4 Å². The number of nitrogens with zero attached hydrogens (tertiary/aromatic N) is 2. The minimum Gasteiger partial charge on any atom is -0.314 e. The van der Waals surface area contributed by atoms with Crippen LogP contribution in [0.5, 0.6) is 0 Å². The molecule has 0 aromatic heterocycles. The summed E-state index contributed by atoms with van der Waals surface area (Å²) in [6.07, 6.45) is 8.85. The van der Waals surface area contributed by atoms with Crippen LogP contribution < -0.4 is 36.7 Å². The number of aryl methyl sites for hydroxylation is 3. The van der Waals surface area contributed by atoms with E-state index >= 15 is 13.7 Å². The average molecular weight is 651 g/mol. The van der Waals surface area contributed by atoms with Crippen molar-refractivity contribution < 1.29 is 13.7 Å². The first-order valence-corrected chi connectivity index (χ1v) is 22.8. The van der Waals surface area contributed by atoms with Gasteiger partial charge >= 0.3 is 0 Å². The molecule has 0 amide bonds. The molecule has 0 radical (unpaired) electrons. The van der Waals surface area contributed by atoms with Gasteiger partial charge in [0.2, 0.25) is 7.29 Å². The van der Waals surface area contributed by atoms with Crippen molar-refractivity contribution in [1.82, 2.24) is 4.67 Å². The molecule has 2 unspecified atom stereocenters. The monoisotopic (exact) mass is 650 g/mol. The third kappa shape index (κ3) is 4.55. The lowest BCUT2D eigenvalue weighted by Crippen LogP contribution is -2.52. The number of rotatable bonds is 12. The first-order valence-electron chi connectivity index (χ1n) is 16.8. The van der Waals surface area contributed by atoms with E-state index in [1.807, 2.05) is 13.3 Å². The van der Waals surface area contributed by atoms with Gasteiger partial charge in [0.1, 0.15) is 14.3 Å². The molecule has 0 N–H and O–H groups in total. The van der Waals surface area contributed by atoms with E-state index in [1.165, 1.54) is 0 Å². The maximum atomic E-state index is 16.1. The van der Waals surface area contributed by atoms with Crippen molar-refractivity contribution >= 4 is 70.5 Å². The molecule has 3 aromatic rings. The van der Waals surface area contributed by atoms with E-state index in [9.17, 15) is 0 Å². The fraction of sp³-hybridized carbons (Fsp3) is 0.500. The number of hydrogen-bond donors (Lipinski definition) is 0. The van der Waals surface area contributed by atoms with Crippen molar-refractivity contribution in [3.05, 3.63) is 53.1 Å². The van der Waals surface area contributed by atoms with Gasteiger partial charge in [-0.2, -0.15) is 0 Å². The number of anilines is 3. The Balaban J connectivity index is 1.80. The highest BCUT2D eigenvalue weighted by Crippen LogP contribution is 2.65. The van der Waals surface area contributed by atoms with Crippen molar-refractivity contribution in [2.45, 2.75) is 92.4 Å². The summed E-state index contributed by atoms with van der Waals surface area (Å²) in [7, 11) is -9.61. The van der Waals surface area contributed by atoms with Gasteiger partial charge in [0.05, 0.1) is 27.7 Å². The third-order valence-corrected chi connectivity index (χ3v) is 18.5. The lowest BCUT2D eigenvalue weighted by molar-refractivity contribution is 0.458. The van der Waals surface area contributed by atoms with Crippen molar-refractivity contribution in [2.75, 3.05) is 31.3 Å². The van der Waals surface area contributed by atoms with Crippen LogP contribution in [0.2, 0.25) is 0 Å². The summed E-state index contributed by atoms with van der Waals surface area (Å²) in [6, 6.07) is 13.0. The van der Waals surface area contributed by atoms with Crippen molar-refractivity contribution in [3.8, 4) is 0 Å². The van der Waals surface area contributed by atoms with E-state index in [1.54, 1.807) is 0 Å². The minimum absolute atomic E-state index is 0.631. The summed E-state index contributed by atoms with van der Waals surface area (Å²) in [6.45, 7) is 15.8. The number of hydrogen-bond acceptors (Lipinski definition) is 4. The van der Waals surface area contributed by atoms with Crippen LogP contribution in [0.3, 0.4) is 0 Å². The highest BCUT2D eigenvalue weighted by Gasteiger charge is 2.54. The molecule has 0 aliphatic carbocycles. The second-order valence-corrected chi connectivity index (χ2v) is 21.5. The Kier molecular flexibility index (Phi) is 8.54. The highest BCUT2D eigenvalue weighted by molar-refractivity contribution is 7.82. The Bertz CT molecular complexity index is 1680. The number of benzene rings is 3. The normalized spacial score (nSPS) is 24.1. The summed E-state index contributed by atoms with van der Waals surface area (Å²) in [5, 5.41) is 4.91. The summed E-state index contributed by atoms with van der Waals surface area (Å²) < 4.78 is 48.9. The number of unbranched alkanes of at least 4 members (excludes halogenated alkanes) is 3. The molecule has 0 saturated carbocycles. The predicted molar refractivity (Wildman–Crippen MR) is 192 cm³/mol. The van der Waals surface area contributed by atoms with Crippen LogP contribution in [0.25, 0.3) is 0 Å².